The van der Waals surface area contributed by atoms with Crippen molar-refractivity contribution in [2.45, 2.75) is 13.8 Å². The average molecular weight is 228 g/mol. The summed E-state index contributed by atoms with van der Waals surface area (Å²) in [5.74, 6) is 0.674. The number of phenolic OH excluding ortho intramolecular Hbond substituents is 1. The van der Waals surface area contributed by atoms with Crippen molar-refractivity contribution >= 4 is 6.08 Å². The van der Waals surface area contributed by atoms with E-state index in [9.17, 15) is 5.11 Å². The first-order valence-corrected chi connectivity index (χ1v) is 4.94. The zero-order valence-corrected chi connectivity index (χ0v) is 9.90. The van der Waals surface area contributed by atoms with Gasteiger partial charge in [0.2, 0.25) is 0 Å². The Labute approximate surface area is 100.0 Å². The van der Waals surface area contributed by atoms with Crippen LogP contribution in [0, 0.1) is 36.5 Å². The number of ether oxygens (including phenoxy) is 1. The lowest BCUT2D eigenvalue weighted by Gasteiger charge is -2.12. The Morgan fingerprint density at radius 2 is 1.94 bits per heavy atom. The molecule has 0 saturated heterocycles. The molecule has 4 heteroatoms. The van der Waals surface area contributed by atoms with Gasteiger partial charge in [0, 0.05) is 11.1 Å². The maximum absolute atomic E-state index is 9.81. The van der Waals surface area contributed by atoms with Crippen LogP contribution in [0.4, 0.5) is 0 Å². The fourth-order valence-electron chi connectivity index (χ4n) is 1.69. The first kappa shape index (κ1) is 12.6. The Morgan fingerprint density at radius 1 is 1.35 bits per heavy atom. The van der Waals surface area contributed by atoms with Crippen LogP contribution in [0.3, 0.4) is 0 Å². The Balaban J connectivity index is 3.52. The van der Waals surface area contributed by atoms with Gasteiger partial charge in [0.05, 0.1) is 7.11 Å². The first-order chi connectivity index (χ1) is 8.04. The van der Waals surface area contributed by atoms with Gasteiger partial charge >= 0.3 is 0 Å². The second-order valence-corrected chi connectivity index (χ2v) is 3.57. The van der Waals surface area contributed by atoms with Gasteiger partial charge in [0.25, 0.3) is 0 Å². The molecular weight excluding hydrogens is 216 g/mol. The summed E-state index contributed by atoms with van der Waals surface area (Å²) >= 11 is 0. The molecule has 0 bridgehead atoms. The van der Waals surface area contributed by atoms with Crippen LogP contribution >= 0.6 is 0 Å². The molecule has 0 unspecified atom stereocenters. The fraction of sp³-hybridized carbons (Fsp3) is 0.231. The molecular formula is C13H12N2O2. The minimum atomic E-state index is -0.0608. The molecule has 1 aromatic rings. The smallest absolute Gasteiger partial charge is 0.130 e. The highest BCUT2D eigenvalue weighted by Crippen LogP contribution is 2.34. The maximum atomic E-state index is 9.81. The van der Waals surface area contributed by atoms with Gasteiger partial charge in [0.15, 0.2) is 0 Å². The number of allylic oxidation sites excluding steroid dienone is 1. The number of rotatable bonds is 2. The van der Waals surface area contributed by atoms with Crippen LogP contribution < -0.4 is 4.74 Å². The summed E-state index contributed by atoms with van der Waals surface area (Å²) in [7, 11) is 1.54. The largest absolute Gasteiger partial charge is 0.507 e. The number of benzene rings is 1. The highest BCUT2D eigenvalue weighted by molar-refractivity contribution is 5.71. The molecule has 0 aliphatic heterocycles. The van der Waals surface area contributed by atoms with Crippen molar-refractivity contribution in [3.8, 4) is 23.6 Å². The number of methoxy groups -OCH3 is 1. The Hall–Kier alpha value is -2.46. The van der Waals surface area contributed by atoms with Gasteiger partial charge in [-0.1, -0.05) is 0 Å². The molecule has 1 rings (SSSR count). The Bertz CT molecular complexity index is 544. The van der Waals surface area contributed by atoms with Gasteiger partial charge in [-0.3, -0.25) is 0 Å². The van der Waals surface area contributed by atoms with Gasteiger partial charge < -0.3 is 9.84 Å². The molecule has 4 nitrogen and oxygen atoms in total. The third-order valence-electron chi connectivity index (χ3n) is 2.47. The van der Waals surface area contributed by atoms with Crippen LogP contribution in [0.25, 0.3) is 6.08 Å². The molecule has 0 fully saturated rings. The van der Waals surface area contributed by atoms with E-state index < -0.39 is 0 Å². The van der Waals surface area contributed by atoms with Gasteiger partial charge in [-0.25, -0.2) is 0 Å². The quantitative estimate of drug-likeness (QED) is 0.788. The number of nitriles is 2. The van der Waals surface area contributed by atoms with Crippen molar-refractivity contribution in [3.05, 3.63) is 28.3 Å². The summed E-state index contributed by atoms with van der Waals surface area (Å²) in [6, 6.07) is 5.06. The molecule has 1 N–H and O–H groups in total. The van der Waals surface area contributed by atoms with Gasteiger partial charge in [-0.2, -0.15) is 10.5 Å². The molecule has 0 atom stereocenters. The fourth-order valence-corrected chi connectivity index (χ4v) is 1.69. The molecule has 1 aromatic carbocycles. The first-order valence-electron chi connectivity index (χ1n) is 4.94. The molecule has 86 valence electrons. The van der Waals surface area contributed by atoms with Crippen LogP contribution in [-0.4, -0.2) is 12.2 Å². The van der Waals surface area contributed by atoms with E-state index in [2.05, 4.69) is 0 Å². The lowest BCUT2D eigenvalue weighted by atomic mass is 10.0. The third-order valence-corrected chi connectivity index (χ3v) is 2.47. The van der Waals surface area contributed by atoms with Crippen molar-refractivity contribution in [2.24, 2.45) is 0 Å². The molecule has 0 heterocycles. The van der Waals surface area contributed by atoms with Gasteiger partial charge in [0.1, 0.15) is 29.2 Å². The summed E-state index contributed by atoms with van der Waals surface area (Å²) in [5, 5.41) is 27.2. The zero-order valence-electron chi connectivity index (χ0n) is 9.90. The SMILES string of the molecule is COc1c(C)cc(O)c(C=C(C#N)C#N)c1C. The normalized spacial score (nSPS) is 9.00. The summed E-state index contributed by atoms with van der Waals surface area (Å²) in [4.78, 5) is 0. The topological polar surface area (TPSA) is 77.0 Å². The van der Waals surface area contributed by atoms with Crippen molar-refractivity contribution in [1.29, 1.82) is 10.5 Å². The predicted octanol–water partition coefficient (Wildman–Crippen LogP) is 2.45. The van der Waals surface area contributed by atoms with Gasteiger partial charge in [-0.05, 0) is 31.6 Å². The Morgan fingerprint density at radius 3 is 2.41 bits per heavy atom. The van der Waals surface area contributed by atoms with Gasteiger partial charge in [-0.15, -0.1) is 0 Å². The van der Waals surface area contributed by atoms with Crippen LogP contribution in [0.1, 0.15) is 16.7 Å². The van der Waals surface area contributed by atoms with E-state index in [1.807, 2.05) is 6.92 Å². The number of hydrogen-bond acceptors (Lipinski definition) is 4. The molecule has 0 radical (unpaired) electrons. The molecule has 0 aliphatic rings. The number of aromatic hydroxyl groups is 1. The number of nitrogens with zero attached hydrogens (tertiary/aromatic N) is 2. The van der Waals surface area contributed by atoms with E-state index in [-0.39, 0.29) is 11.3 Å². The standard InChI is InChI=1S/C13H12N2O2/c1-8-4-12(16)11(5-10(6-14)7-15)9(2)13(8)17-3/h4-5,16H,1-3H3. The minimum Gasteiger partial charge on any atom is -0.507 e. The summed E-state index contributed by atoms with van der Waals surface area (Å²) < 4.78 is 5.21. The van der Waals surface area contributed by atoms with E-state index in [1.165, 1.54) is 13.2 Å². The minimum absolute atomic E-state index is 0.0313. The highest BCUT2D eigenvalue weighted by atomic mass is 16.5. The second kappa shape index (κ2) is 5.05. The summed E-state index contributed by atoms with van der Waals surface area (Å²) in [6.45, 7) is 3.58. The van der Waals surface area contributed by atoms with Crippen LogP contribution in [0.15, 0.2) is 11.6 Å². The van der Waals surface area contributed by atoms with E-state index in [4.69, 9.17) is 15.3 Å². The molecule has 0 aromatic heterocycles. The third kappa shape index (κ3) is 2.38. The van der Waals surface area contributed by atoms with Crippen molar-refractivity contribution in [1.82, 2.24) is 0 Å². The summed E-state index contributed by atoms with van der Waals surface area (Å²) in [5.41, 5.74) is 1.88. The van der Waals surface area contributed by atoms with Crippen molar-refractivity contribution in [2.75, 3.05) is 7.11 Å². The second-order valence-electron chi connectivity index (χ2n) is 3.57. The number of hydrogen-bond donors (Lipinski definition) is 1. The predicted molar refractivity (Wildman–Crippen MR) is 63.3 cm³/mol. The maximum Gasteiger partial charge on any atom is 0.130 e. The highest BCUT2D eigenvalue weighted by Gasteiger charge is 2.12. The van der Waals surface area contributed by atoms with Crippen LogP contribution in [-0.2, 0) is 0 Å². The lowest BCUT2D eigenvalue weighted by Crippen LogP contribution is -1.94. The molecule has 0 amide bonds. The van der Waals surface area contributed by atoms with E-state index >= 15 is 0 Å². The molecule has 0 aliphatic carbocycles. The molecule has 0 spiro atoms. The van der Waals surface area contributed by atoms with E-state index in [1.54, 1.807) is 25.1 Å². The van der Waals surface area contributed by atoms with Crippen molar-refractivity contribution in [3.63, 3.8) is 0 Å². The molecule has 17 heavy (non-hydrogen) atoms. The average Bonchev–Trinajstić information content (AvgIpc) is 2.29. The molecule has 0 saturated carbocycles. The number of phenols is 1. The van der Waals surface area contributed by atoms with E-state index in [0.29, 0.717) is 16.9 Å². The number of aryl methyl sites for hydroxylation is 1. The van der Waals surface area contributed by atoms with Crippen LogP contribution in [0.2, 0.25) is 0 Å². The lowest BCUT2D eigenvalue weighted by molar-refractivity contribution is 0.405. The van der Waals surface area contributed by atoms with E-state index in [0.717, 1.165) is 5.56 Å². The van der Waals surface area contributed by atoms with Crippen LogP contribution in [0.5, 0.6) is 11.5 Å². The zero-order chi connectivity index (χ0) is 13.0. The summed E-state index contributed by atoms with van der Waals surface area (Å²) in [6.07, 6.45) is 1.35. The monoisotopic (exact) mass is 228 g/mol. The Kier molecular flexibility index (Phi) is 3.74. The van der Waals surface area contributed by atoms with Crippen molar-refractivity contribution < 1.29 is 9.84 Å².